The molecule has 1 aliphatic rings. The van der Waals surface area contributed by atoms with Gasteiger partial charge in [-0.15, -0.1) is 0 Å². The van der Waals surface area contributed by atoms with E-state index < -0.39 is 0 Å². The maximum atomic E-state index is 5.69. The number of hydrogen-bond acceptors (Lipinski definition) is 3. The van der Waals surface area contributed by atoms with Gasteiger partial charge in [-0.05, 0) is 26.2 Å². The standard InChI is InChI=1S/C9H20N2O/c1-8(12-2)6-11-9(7-10)4-3-5-9/h8,11H,3-7,10H2,1-2H3. The van der Waals surface area contributed by atoms with E-state index in [-0.39, 0.29) is 11.6 Å². The fourth-order valence-corrected chi connectivity index (χ4v) is 1.50. The molecule has 72 valence electrons. The van der Waals surface area contributed by atoms with Gasteiger partial charge < -0.3 is 15.8 Å². The highest BCUT2D eigenvalue weighted by Gasteiger charge is 2.34. The molecule has 1 unspecified atom stereocenters. The van der Waals surface area contributed by atoms with E-state index in [9.17, 15) is 0 Å². The van der Waals surface area contributed by atoms with Crippen molar-refractivity contribution in [2.24, 2.45) is 5.73 Å². The van der Waals surface area contributed by atoms with Gasteiger partial charge in [0.15, 0.2) is 0 Å². The van der Waals surface area contributed by atoms with E-state index >= 15 is 0 Å². The number of methoxy groups -OCH3 is 1. The highest BCUT2D eigenvalue weighted by atomic mass is 16.5. The van der Waals surface area contributed by atoms with Crippen molar-refractivity contribution in [1.82, 2.24) is 5.32 Å². The summed E-state index contributed by atoms with van der Waals surface area (Å²) in [6.07, 6.45) is 4.04. The lowest BCUT2D eigenvalue weighted by molar-refractivity contribution is 0.0928. The molecule has 0 aromatic rings. The molecule has 1 rings (SSSR count). The Kier molecular flexibility index (Phi) is 3.50. The van der Waals surface area contributed by atoms with Gasteiger partial charge in [0.25, 0.3) is 0 Å². The molecule has 0 bridgehead atoms. The molecule has 3 heteroatoms. The molecule has 1 saturated carbocycles. The Hall–Kier alpha value is -0.120. The molecule has 1 aliphatic carbocycles. The van der Waals surface area contributed by atoms with Crippen LogP contribution in [-0.4, -0.2) is 31.8 Å². The monoisotopic (exact) mass is 172 g/mol. The maximum Gasteiger partial charge on any atom is 0.0667 e. The first-order chi connectivity index (χ1) is 5.72. The van der Waals surface area contributed by atoms with E-state index in [1.165, 1.54) is 19.3 Å². The number of ether oxygens (including phenoxy) is 1. The molecule has 3 N–H and O–H groups in total. The van der Waals surface area contributed by atoms with Crippen molar-refractivity contribution in [2.45, 2.75) is 37.8 Å². The van der Waals surface area contributed by atoms with Crippen LogP contribution >= 0.6 is 0 Å². The summed E-state index contributed by atoms with van der Waals surface area (Å²) in [5, 5.41) is 3.48. The minimum Gasteiger partial charge on any atom is -0.380 e. The van der Waals surface area contributed by atoms with E-state index in [2.05, 4.69) is 12.2 Å². The number of nitrogens with one attached hydrogen (secondary N) is 1. The third kappa shape index (κ3) is 2.19. The second-order valence-electron chi connectivity index (χ2n) is 3.77. The van der Waals surface area contributed by atoms with Crippen molar-refractivity contribution in [3.63, 3.8) is 0 Å². The largest absolute Gasteiger partial charge is 0.380 e. The molecule has 0 spiro atoms. The first kappa shape index (κ1) is 9.96. The molecule has 0 radical (unpaired) electrons. The lowest BCUT2D eigenvalue weighted by Gasteiger charge is -2.42. The highest BCUT2D eigenvalue weighted by molar-refractivity contribution is 4.96. The van der Waals surface area contributed by atoms with Crippen molar-refractivity contribution in [1.29, 1.82) is 0 Å². The molecule has 12 heavy (non-hydrogen) atoms. The normalized spacial score (nSPS) is 23.2. The van der Waals surface area contributed by atoms with Gasteiger partial charge in [-0.2, -0.15) is 0 Å². The summed E-state index contributed by atoms with van der Waals surface area (Å²) >= 11 is 0. The van der Waals surface area contributed by atoms with E-state index in [0.717, 1.165) is 13.1 Å². The molecule has 1 fully saturated rings. The van der Waals surface area contributed by atoms with Crippen molar-refractivity contribution < 1.29 is 4.74 Å². The minimum absolute atomic E-state index is 0.243. The Morgan fingerprint density at radius 1 is 1.58 bits per heavy atom. The van der Waals surface area contributed by atoms with Crippen LogP contribution in [-0.2, 0) is 4.74 Å². The summed E-state index contributed by atoms with van der Waals surface area (Å²) < 4.78 is 5.16. The van der Waals surface area contributed by atoms with Crippen LogP contribution < -0.4 is 11.1 Å². The van der Waals surface area contributed by atoms with Gasteiger partial charge in [-0.1, -0.05) is 0 Å². The molecule has 1 atom stereocenters. The third-order valence-corrected chi connectivity index (χ3v) is 2.87. The van der Waals surface area contributed by atoms with Crippen LogP contribution in [0.1, 0.15) is 26.2 Å². The van der Waals surface area contributed by atoms with E-state index in [1.807, 2.05) is 0 Å². The van der Waals surface area contributed by atoms with Crippen molar-refractivity contribution >= 4 is 0 Å². The molecule has 0 aromatic heterocycles. The summed E-state index contributed by atoms with van der Waals surface area (Å²) in [4.78, 5) is 0. The smallest absolute Gasteiger partial charge is 0.0667 e. The van der Waals surface area contributed by atoms with E-state index in [1.54, 1.807) is 7.11 Å². The summed E-state index contributed by atoms with van der Waals surface area (Å²) in [5.41, 5.74) is 5.94. The van der Waals surface area contributed by atoms with Gasteiger partial charge in [0.05, 0.1) is 6.10 Å². The van der Waals surface area contributed by atoms with Gasteiger partial charge >= 0.3 is 0 Å². The van der Waals surface area contributed by atoms with Gasteiger partial charge in [0.1, 0.15) is 0 Å². The van der Waals surface area contributed by atoms with Crippen LogP contribution in [0.25, 0.3) is 0 Å². The van der Waals surface area contributed by atoms with Gasteiger partial charge in [-0.3, -0.25) is 0 Å². The lowest BCUT2D eigenvalue weighted by atomic mass is 9.77. The number of nitrogens with two attached hydrogens (primary N) is 1. The molecule has 0 aliphatic heterocycles. The molecule has 0 amide bonds. The maximum absolute atomic E-state index is 5.69. The second-order valence-corrected chi connectivity index (χ2v) is 3.77. The van der Waals surface area contributed by atoms with Crippen LogP contribution in [0, 0.1) is 0 Å². The van der Waals surface area contributed by atoms with Gasteiger partial charge in [0, 0.05) is 25.7 Å². The van der Waals surface area contributed by atoms with Crippen molar-refractivity contribution in [2.75, 3.05) is 20.2 Å². The van der Waals surface area contributed by atoms with Crippen LogP contribution in [0.2, 0.25) is 0 Å². The van der Waals surface area contributed by atoms with Crippen LogP contribution in [0.15, 0.2) is 0 Å². The number of hydrogen-bond donors (Lipinski definition) is 2. The fraction of sp³-hybridized carbons (Fsp3) is 1.00. The Labute approximate surface area is 74.7 Å². The SMILES string of the molecule is COC(C)CNC1(CN)CCC1. The van der Waals surface area contributed by atoms with Crippen LogP contribution in [0.5, 0.6) is 0 Å². The lowest BCUT2D eigenvalue weighted by Crippen LogP contribution is -2.57. The quantitative estimate of drug-likeness (QED) is 0.634. The summed E-state index contributed by atoms with van der Waals surface area (Å²) in [6.45, 7) is 3.73. The second kappa shape index (κ2) is 4.21. The zero-order valence-electron chi connectivity index (χ0n) is 8.10. The average molecular weight is 172 g/mol. The van der Waals surface area contributed by atoms with Crippen LogP contribution in [0.3, 0.4) is 0 Å². The van der Waals surface area contributed by atoms with Gasteiger partial charge in [-0.25, -0.2) is 0 Å². The first-order valence-electron chi connectivity index (χ1n) is 4.70. The van der Waals surface area contributed by atoms with E-state index in [0.29, 0.717) is 0 Å². The first-order valence-corrected chi connectivity index (χ1v) is 4.70. The average Bonchev–Trinajstić information content (AvgIpc) is 2.03. The predicted octanol–water partition coefficient (Wildman–Crippen LogP) is 0.492. The molecule has 3 nitrogen and oxygen atoms in total. The fourth-order valence-electron chi connectivity index (χ4n) is 1.50. The van der Waals surface area contributed by atoms with E-state index in [4.69, 9.17) is 10.5 Å². The summed E-state index contributed by atoms with van der Waals surface area (Å²) in [5.74, 6) is 0. The Morgan fingerprint density at radius 3 is 2.58 bits per heavy atom. The van der Waals surface area contributed by atoms with Crippen molar-refractivity contribution in [3.05, 3.63) is 0 Å². The summed E-state index contributed by atoms with van der Waals surface area (Å²) in [6, 6.07) is 0. The third-order valence-electron chi connectivity index (χ3n) is 2.87. The Morgan fingerprint density at radius 2 is 2.25 bits per heavy atom. The molecular weight excluding hydrogens is 152 g/mol. The molecule has 0 heterocycles. The van der Waals surface area contributed by atoms with Crippen LogP contribution in [0.4, 0.5) is 0 Å². The molecule has 0 aromatic carbocycles. The molecular formula is C9H20N2O. The zero-order valence-corrected chi connectivity index (χ0v) is 8.10. The van der Waals surface area contributed by atoms with Gasteiger partial charge in [0.2, 0.25) is 0 Å². The highest BCUT2D eigenvalue weighted by Crippen LogP contribution is 2.30. The Bertz CT molecular complexity index is 129. The number of rotatable bonds is 5. The minimum atomic E-state index is 0.243. The zero-order chi connectivity index (χ0) is 9.03. The molecule has 0 saturated heterocycles. The predicted molar refractivity (Wildman–Crippen MR) is 50.1 cm³/mol. The summed E-state index contributed by atoms with van der Waals surface area (Å²) in [7, 11) is 1.74. The van der Waals surface area contributed by atoms with Crippen molar-refractivity contribution in [3.8, 4) is 0 Å². The topological polar surface area (TPSA) is 47.3 Å². The Balaban J connectivity index is 2.20.